The number of benzene rings is 1. The van der Waals surface area contributed by atoms with Gasteiger partial charge < -0.3 is 4.79 Å². The number of halogens is 1. The molecule has 0 aliphatic carbocycles. The first kappa shape index (κ1) is 11.6. The molecule has 0 fully saturated rings. The molecule has 15 heavy (non-hydrogen) atoms. The molecule has 0 saturated heterocycles. The average Bonchev–Trinajstić information content (AvgIpc) is 2.21. The molecular weight excluding hydrogens is 195 g/mol. The fourth-order valence-corrected chi connectivity index (χ4v) is 1.52. The van der Waals surface area contributed by atoms with Crippen LogP contribution in [0.4, 0.5) is 4.39 Å². The molecule has 1 rings (SSSR count). The summed E-state index contributed by atoms with van der Waals surface area (Å²) in [5.41, 5.74) is 1.50. The van der Waals surface area contributed by atoms with Gasteiger partial charge in [-0.2, -0.15) is 0 Å². The van der Waals surface area contributed by atoms with E-state index in [1.54, 1.807) is 13.8 Å². The third-order valence-corrected chi connectivity index (χ3v) is 2.47. The summed E-state index contributed by atoms with van der Waals surface area (Å²) < 4.78 is 13.3. The molecule has 0 aliphatic rings. The summed E-state index contributed by atoms with van der Waals surface area (Å²) >= 11 is 0. The summed E-state index contributed by atoms with van der Waals surface area (Å²) in [5.74, 6) is -0.467. The molecule has 0 aromatic heterocycles. The van der Waals surface area contributed by atoms with Gasteiger partial charge in [-0.15, -0.1) is 0 Å². The minimum atomic E-state index is -0.339. The lowest BCUT2D eigenvalue weighted by atomic mass is 9.92. The van der Waals surface area contributed by atoms with Crippen LogP contribution in [0.25, 0.3) is 0 Å². The predicted molar refractivity (Wildman–Crippen MR) is 55.6 cm³/mol. The highest BCUT2D eigenvalue weighted by atomic mass is 19.1. The summed E-state index contributed by atoms with van der Waals surface area (Å²) in [6, 6.07) is 2.85. The lowest BCUT2D eigenvalue weighted by molar-refractivity contribution is -0.108. The van der Waals surface area contributed by atoms with E-state index in [9.17, 15) is 14.0 Å². The van der Waals surface area contributed by atoms with Crippen molar-refractivity contribution in [1.29, 1.82) is 0 Å². The first-order chi connectivity index (χ1) is 7.10. The Morgan fingerprint density at radius 1 is 1.40 bits per heavy atom. The number of aryl methyl sites for hydroxylation is 1. The first-order valence-electron chi connectivity index (χ1n) is 4.79. The number of carbonyl (C=O) groups excluding carboxylic acids is 2. The molecule has 1 aromatic rings. The molecule has 0 heterocycles. The number of carbonyl (C=O) groups is 2. The molecule has 0 bridgehead atoms. The zero-order chi connectivity index (χ0) is 11.4. The van der Waals surface area contributed by atoms with E-state index in [0.717, 1.165) is 6.29 Å². The van der Waals surface area contributed by atoms with Crippen LogP contribution in [0.5, 0.6) is 0 Å². The number of rotatable bonds is 4. The normalized spacial score (nSPS) is 12.2. The molecule has 2 nitrogen and oxygen atoms in total. The van der Waals surface area contributed by atoms with Gasteiger partial charge in [0.15, 0.2) is 0 Å². The zero-order valence-corrected chi connectivity index (χ0v) is 8.79. The van der Waals surface area contributed by atoms with Crippen LogP contribution in [0.2, 0.25) is 0 Å². The standard InChI is InChI=1S/C12H13FO2/c1-8(3-4-14)11-6-12(13)9(2)5-10(11)7-15/h4-8H,3H2,1-2H3. The Kier molecular flexibility index (Phi) is 3.72. The van der Waals surface area contributed by atoms with Crippen LogP contribution in [0.3, 0.4) is 0 Å². The minimum absolute atomic E-state index is 0.127. The van der Waals surface area contributed by atoms with Crippen molar-refractivity contribution >= 4 is 12.6 Å². The van der Waals surface area contributed by atoms with E-state index < -0.39 is 0 Å². The van der Waals surface area contributed by atoms with Crippen LogP contribution in [-0.2, 0) is 4.79 Å². The molecule has 0 saturated carbocycles. The maximum absolute atomic E-state index is 13.3. The van der Waals surface area contributed by atoms with Gasteiger partial charge >= 0.3 is 0 Å². The minimum Gasteiger partial charge on any atom is -0.303 e. The van der Waals surface area contributed by atoms with E-state index in [-0.39, 0.29) is 11.7 Å². The van der Waals surface area contributed by atoms with Gasteiger partial charge in [-0.05, 0) is 36.1 Å². The molecule has 0 amide bonds. The fourth-order valence-electron chi connectivity index (χ4n) is 1.52. The van der Waals surface area contributed by atoms with Gasteiger partial charge in [0.1, 0.15) is 18.4 Å². The Morgan fingerprint density at radius 2 is 2.07 bits per heavy atom. The van der Waals surface area contributed by atoms with Crippen molar-refractivity contribution in [3.63, 3.8) is 0 Å². The van der Waals surface area contributed by atoms with Crippen molar-refractivity contribution in [1.82, 2.24) is 0 Å². The lowest BCUT2D eigenvalue weighted by Gasteiger charge is -2.12. The van der Waals surface area contributed by atoms with Crippen molar-refractivity contribution < 1.29 is 14.0 Å². The smallest absolute Gasteiger partial charge is 0.150 e. The van der Waals surface area contributed by atoms with E-state index >= 15 is 0 Å². The first-order valence-corrected chi connectivity index (χ1v) is 4.79. The largest absolute Gasteiger partial charge is 0.303 e. The average molecular weight is 208 g/mol. The van der Waals surface area contributed by atoms with Gasteiger partial charge in [-0.25, -0.2) is 4.39 Å². The van der Waals surface area contributed by atoms with Crippen LogP contribution in [0.1, 0.15) is 40.7 Å². The highest BCUT2D eigenvalue weighted by Gasteiger charge is 2.12. The van der Waals surface area contributed by atoms with E-state index in [0.29, 0.717) is 29.4 Å². The molecule has 0 spiro atoms. The molecule has 1 aromatic carbocycles. The van der Waals surface area contributed by atoms with Gasteiger partial charge in [-0.3, -0.25) is 4.79 Å². The number of hydrogen-bond donors (Lipinski definition) is 0. The molecule has 0 aliphatic heterocycles. The highest BCUT2D eigenvalue weighted by Crippen LogP contribution is 2.24. The summed E-state index contributed by atoms with van der Waals surface area (Å²) in [6.45, 7) is 3.40. The highest BCUT2D eigenvalue weighted by molar-refractivity contribution is 5.78. The van der Waals surface area contributed by atoms with Crippen LogP contribution >= 0.6 is 0 Å². The zero-order valence-electron chi connectivity index (χ0n) is 8.79. The monoisotopic (exact) mass is 208 g/mol. The quantitative estimate of drug-likeness (QED) is 0.713. The summed E-state index contributed by atoms with van der Waals surface area (Å²) in [7, 11) is 0. The van der Waals surface area contributed by atoms with Crippen LogP contribution in [-0.4, -0.2) is 12.6 Å². The number of aldehydes is 2. The second kappa shape index (κ2) is 4.82. The van der Waals surface area contributed by atoms with Crippen molar-refractivity contribution in [2.75, 3.05) is 0 Å². The van der Waals surface area contributed by atoms with Crippen molar-refractivity contribution in [3.8, 4) is 0 Å². The van der Waals surface area contributed by atoms with Crippen LogP contribution in [0.15, 0.2) is 12.1 Å². The van der Waals surface area contributed by atoms with Crippen molar-refractivity contribution in [2.24, 2.45) is 0 Å². The predicted octanol–water partition coefficient (Wildman–Crippen LogP) is 2.64. The third kappa shape index (κ3) is 2.49. The number of hydrogen-bond acceptors (Lipinski definition) is 2. The SMILES string of the molecule is Cc1cc(C=O)c(C(C)CC=O)cc1F. The Morgan fingerprint density at radius 3 is 2.60 bits per heavy atom. The second-order valence-corrected chi connectivity index (χ2v) is 3.65. The topological polar surface area (TPSA) is 34.1 Å². The Hall–Kier alpha value is -1.51. The second-order valence-electron chi connectivity index (χ2n) is 3.65. The van der Waals surface area contributed by atoms with Crippen LogP contribution in [0, 0.1) is 12.7 Å². The van der Waals surface area contributed by atoms with Gasteiger partial charge in [0.25, 0.3) is 0 Å². The third-order valence-electron chi connectivity index (χ3n) is 2.47. The Labute approximate surface area is 88.1 Å². The van der Waals surface area contributed by atoms with E-state index in [1.165, 1.54) is 12.1 Å². The van der Waals surface area contributed by atoms with Crippen LogP contribution < -0.4 is 0 Å². The van der Waals surface area contributed by atoms with Gasteiger partial charge in [0.2, 0.25) is 0 Å². The maximum Gasteiger partial charge on any atom is 0.150 e. The van der Waals surface area contributed by atoms with Crippen molar-refractivity contribution in [2.45, 2.75) is 26.2 Å². The molecule has 1 atom stereocenters. The fraction of sp³-hybridized carbons (Fsp3) is 0.333. The van der Waals surface area contributed by atoms with E-state index in [1.807, 2.05) is 0 Å². The van der Waals surface area contributed by atoms with Gasteiger partial charge in [0, 0.05) is 12.0 Å². The van der Waals surface area contributed by atoms with Crippen molar-refractivity contribution in [3.05, 3.63) is 34.6 Å². The van der Waals surface area contributed by atoms with E-state index in [2.05, 4.69) is 0 Å². The molecular formula is C12H13FO2. The Bertz CT molecular complexity index is 385. The molecule has 0 N–H and O–H groups in total. The maximum atomic E-state index is 13.3. The summed E-state index contributed by atoms with van der Waals surface area (Å²) in [6.07, 6.45) is 1.77. The molecule has 1 unspecified atom stereocenters. The summed E-state index contributed by atoms with van der Waals surface area (Å²) in [5, 5.41) is 0. The van der Waals surface area contributed by atoms with Gasteiger partial charge in [0.05, 0.1) is 0 Å². The lowest BCUT2D eigenvalue weighted by Crippen LogP contribution is -2.02. The molecule has 0 radical (unpaired) electrons. The van der Waals surface area contributed by atoms with E-state index in [4.69, 9.17) is 0 Å². The molecule has 3 heteroatoms. The Balaban J connectivity index is 3.20. The van der Waals surface area contributed by atoms with Gasteiger partial charge in [-0.1, -0.05) is 6.92 Å². The summed E-state index contributed by atoms with van der Waals surface area (Å²) in [4.78, 5) is 21.1. The molecule has 80 valence electrons.